The number of rotatable bonds is 5. The molecule has 0 spiro atoms. The highest BCUT2D eigenvalue weighted by Gasteiger charge is 2.08. The third-order valence-electron chi connectivity index (χ3n) is 2.50. The van der Waals surface area contributed by atoms with E-state index in [1.807, 2.05) is 12.1 Å². The summed E-state index contributed by atoms with van der Waals surface area (Å²) in [5, 5.41) is 2.99. The van der Waals surface area contributed by atoms with Crippen molar-refractivity contribution < 1.29 is 9.13 Å². The van der Waals surface area contributed by atoms with Crippen molar-refractivity contribution in [2.24, 2.45) is 0 Å². The van der Waals surface area contributed by atoms with Gasteiger partial charge in [0, 0.05) is 11.0 Å². The van der Waals surface area contributed by atoms with Gasteiger partial charge in [0.25, 0.3) is 0 Å². The summed E-state index contributed by atoms with van der Waals surface area (Å²) < 4.78 is 21.7. The minimum atomic E-state index is -0.265. The van der Waals surface area contributed by atoms with E-state index in [9.17, 15) is 4.39 Å². The molecule has 0 heterocycles. The molecule has 0 atom stereocenters. The number of nitrogens with one attached hydrogen (secondary N) is 1. The molecule has 106 valence electrons. The zero-order chi connectivity index (χ0) is 14.5. The van der Waals surface area contributed by atoms with Gasteiger partial charge in [0.1, 0.15) is 18.2 Å². The summed E-state index contributed by atoms with van der Waals surface area (Å²) >= 11 is 10.3. The molecule has 0 fully saturated rings. The van der Waals surface area contributed by atoms with Gasteiger partial charge in [-0.1, -0.05) is 28.1 Å². The molecule has 2 nitrogen and oxygen atoms in total. The lowest BCUT2D eigenvalue weighted by Crippen LogP contribution is -2.12. The normalized spacial score (nSPS) is 10.4. The molecule has 20 heavy (non-hydrogen) atoms. The third-order valence-corrected chi connectivity index (χ3v) is 4.14. The topological polar surface area (TPSA) is 21.3 Å². The van der Waals surface area contributed by atoms with Gasteiger partial charge < -0.3 is 10.1 Å². The monoisotopic (exact) mass is 465 g/mol. The number of hydrogen-bond acceptors (Lipinski definition) is 2. The van der Waals surface area contributed by atoms with E-state index in [1.165, 1.54) is 6.07 Å². The molecule has 0 unspecified atom stereocenters. The Morgan fingerprint density at radius 2 is 1.70 bits per heavy atom. The maximum absolute atomic E-state index is 13.4. The maximum Gasteiger partial charge on any atom is 0.147 e. The van der Waals surface area contributed by atoms with Crippen LogP contribution in [0.15, 0.2) is 49.8 Å². The predicted molar refractivity (Wildman–Crippen MR) is 89.9 cm³/mol. The van der Waals surface area contributed by atoms with E-state index in [1.54, 1.807) is 18.2 Å². The number of hydrogen-bond donors (Lipinski definition) is 1. The Morgan fingerprint density at radius 3 is 2.35 bits per heavy atom. The van der Waals surface area contributed by atoms with Crippen LogP contribution in [0.5, 0.6) is 5.75 Å². The van der Waals surface area contributed by atoms with Crippen LogP contribution in [0.4, 0.5) is 10.1 Å². The highest BCUT2D eigenvalue weighted by atomic mass is 79.9. The number of ether oxygens (including phenoxy) is 1. The Labute approximate surface area is 142 Å². The van der Waals surface area contributed by atoms with Gasteiger partial charge in [-0.15, -0.1) is 0 Å². The molecule has 0 aliphatic heterocycles. The molecule has 0 aromatic heterocycles. The maximum atomic E-state index is 13.4. The Kier molecular flexibility index (Phi) is 5.86. The molecule has 0 radical (unpaired) electrons. The predicted octanol–water partition coefficient (Wildman–Crippen LogP) is 5.60. The van der Waals surface area contributed by atoms with E-state index >= 15 is 0 Å². The Hall–Kier alpha value is -0.590. The van der Waals surface area contributed by atoms with Gasteiger partial charge in [0.15, 0.2) is 0 Å². The second-order valence-corrected chi connectivity index (χ2v) is 6.58. The SMILES string of the molecule is Fc1ccccc1NCCOc1c(Br)cc(Br)cc1Br. The van der Waals surface area contributed by atoms with Crippen molar-refractivity contribution in [2.45, 2.75) is 0 Å². The highest BCUT2D eigenvalue weighted by molar-refractivity contribution is 9.11. The first-order valence-corrected chi connectivity index (χ1v) is 8.21. The van der Waals surface area contributed by atoms with Gasteiger partial charge in [-0.2, -0.15) is 0 Å². The molecule has 2 aromatic rings. The highest BCUT2D eigenvalue weighted by Crippen LogP contribution is 2.36. The number of benzene rings is 2. The van der Waals surface area contributed by atoms with Crippen molar-refractivity contribution in [3.05, 3.63) is 55.6 Å². The van der Waals surface area contributed by atoms with Crippen molar-refractivity contribution >= 4 is 53.5 Å². The number of para-hydroxylation sites is 1. The molecular weight excluding hydrogens is 457 g/mol. The average Bonchev–Trinajstić information content (AvgIpc) is 2.38. The summed E-state index contributed by atoms with van der Waals surface area (Å²) in [7, 11) is 0. The first-order chi connectivity index (χ1) is 9.58. The van der Waals surface area contributed by atoms with E-state index in [4.69, 9.17) is 4.74 Å². The van der Waals surface area contributed by atoms with Gasteiger partial charge in [-0.25, -0.2) is 4.39 Å². The van der Waals surface area contributed by atoms with Gasteiger partial charge in [-0.3, -0.25) is 0 Å². The largest absolute Gasteiger partial charge is 0.489 e. The van der Waals surface area contributed by atoms with Crippen molar-refractivity contribution in [1.29, 1.82) is 0 Å². The van der Waals surface area contributed by atoms with E-state index in [-0.39, 0.29) is 5.82 Å². The molecular formula is C14H11Br3FNO. The van der Waals surface area contributed by atoms with Crippen LogP contribution in [0, 0.1) is 5.82 Å². The first-order valence-electron chi connectivity index (χ1n) is 5.83. The molecule has 0 aliphatic carbocycles. The summed E-state index contributed by atoms with van der Waals surface area (Å²) in [6, 6.07) is 10.4. The molecule has 0 saturated carbocycles. The molecule has 0 saturated heterocycles. The molecule has 0 aliphatic rings. The molecule has 1 N–H and O–H groups in total. The summed E-state index contributed by atoms with van der Waals surface area (Å²) in [4.78, 5) is 0. The standard InChI is InChI=1S/C14H11Br3FNO/c15-9-7-10(16)14(11(17)8-9)20-6-5-19-13-4-2-1-3-12(13)18/h1-4,7-8,19H,5-6H2. The lowest BCUT2D eigenvalue weighted by Gasteiger charge is -2.12. The van der Waals surface area contributed by atoms with Crippen molar-refractivity contribution in [1.82, 2.24) is 0 Å². The fourth-order valence-corrected chi connectivity index (χ4v) is 4.10. The van der Waals surface area contributed by atoms with Crippen LogP contribution >= 0.6 is 47.8 Å². The number of halogens is 4. The molecule has 6 heteroatoms. The zero-order valence-electron chi connectivity index (χ0n) is 10.3. The van der Waals surface area contributed by atoms with Gasteiger partial charge in [-0.05, 0) is 56.1 Å². The fourth-order valence-electron chi connectivity index (χ4n) is 1.61. The van der Waals surface area contributed by atoms with E-state index in [2.05, 4.69) is 53.1 Å². The summed E-state index contributed by atoms with van der Waals surface area (Å²) in [6.07, 6.45) is 0. The minimum absolute atomic E-state index is 0.265. The summed E-state index contributed by atoms with van der Waals surface area (Å²) in [5.74, 6) is 0.460. The quantitative estimate of drug-likeness (QED) is 0.577. The van der Waals surface area contributed by atoms with E-state index < -0.39 is 0 Å². The lowest BCUT2D eigenvalue weighted by molar-refractivity contribution is 0.328. The zero-order valence-corrected chi connectivity index (χ0v) is 15.1. The van der Waals surface area contributed by atoms with Crippen LogP contribution in [0.1, 0.15) is 0 Å². The Morgan fingerprint density at radius 1 is 1.05 bits per heavy atom. The van der Waals surface area contributed by atoms with Crippen LogP contribution in [0.3, 0.4) is 0 Å². The third kappa shape index (κ3) is 4.20. The molecule has 0 amide bonds. The van der Waals surface area contributed by atoms with Crippen molar-refractivity contribution in [3.8, 4) is 5.75 Å². The number of anilines is 1. The second-order valence-electron chi connectivity index (χ2n) is 3.95. The first kappa shape index (κ1) is 15.8. The van der Waals surface area contributed by atoms with E-state index in [0.29, 0.717) is 18.8 Å². The van der Waals surface area contributed by atoms with Crippen LogP contribution in [0.25, 0.3) is 0 Å². The minimum Gasteiger partial charge on any atom is -0.489 e. The van der Waals surface area contributed by atoms with Crippen LogP contribution in [-0.4, -0.2) is 13.2 Å². The lowest BCUT2D eigenvalue weighted by atomic mass is 10.3. The van der Waals surface area contributed by atoms with Gasteiger partial charge in [0.2, 0.25) is 0 Å². The fraction of sp³-hybridized carbons (Fsp3) is 0.143. The molecule has 2 rings (SSSR count). The smallest absolute Gasteiger partial charge is 0.147 e. The molecule has 2 aromatic carbocycles. The average molecular weight is 468 g/mol. The van der Waals surface area contributed by atoms with Gasteiger partial charge >= 0.3 is 0 Å². The van der Waals surface area contributed by atoms with Crippen molar-refractivity contribution in [3.63, 3.8) is 0 Å². The summed E-state index contributed by atoms with van der Waals surface area (Å²) in [5.41, 5.74) is 0.477. The van der Waals surface area contributed by atoms with Crippen molar-refractivity contribution in [2.75, 3.05) is 18.5 Å². The van der Waals surface area contributed by atoms with Gasteiger partial charge in [0.05, 0.1) is 14.6 Å². The molecule has 0 bridgehead atoms. The summed E-state index contributed by atoms with van der Waals surface area (Å²) in [6.45, 7) is 0.934. The van der Waals surface area contributed by atoms with E-state index in [0.717, 1.165) is 19.2 Å². The Bertz CT molecular complexity index is 584. The van der Waals surface area contributed by atoms with Crippen LogP contribution in [0.2, 0.25) is 0 Å². The Balaban J connectivity index is 1.90. The van der Waals surface area contributed by atoms with Crippen LogP contribution in [-0.2, 0) is 0 Å². The second kappa shape index (κ2) is 7.43. The van der Waals surface area contributed by atoms with Crippen LogP contribution < -0.4 is 10.1 Å².